The Labute approximate surface area is 115 Å². The number of likely N-dealkylation sites (tertiary alicyclic amines) is 1. The lowest BCUT2D eigenvalue weighted by molar-refractivity contribution is -0.385. The summed E-state index contributed by atoms with van der Waals surface area (Å²) in [6.07, 6.45) is 2.39. The monoisotopic (exact) mass is 280 g/mol. The Kier molecular flexibility index (Phi) is 4.52. The van der Waals surface area contributed by atoms with E-state index in [4.69, 9.17) is 9.84 Å². The number of nitro benzene ring substituents is 1. The molecule has 0 aliphatic carbocycles. The molecule has 0 saturated carbocycles. The minimum Gasteiger partial charge on any atom is -0.492 e. The van der Waals surface area contributed by atoms with Gasteiger partial charge in [-0.2, -0.15) is 0 Å². The van der Waals surface area contributed by atoms with E-state index in [9.17, 15) is 14.9 Å². The van der Waals surface area contributed by atoms with Gasteiger partial charge < -0.3 is 9.84 Å². The van der Waals surface area contributed by atoms with E-state index in [0.717, 1.165) is 25.7 Å². The average molecular weight is 280 g/mol. The molecule has 0 bridgehead atoms. The Morgan fingerprint density at radius 3 is 2.70 bits per heavy atom. The second kappa shape index (κ2) is 6.33. The van der Waals surface area contributed by atoms with Crippen LogP contribution < -0.4 is 4.74 Å². The van der Waals surface area contributed by atoms with Crippen LogP contribution in [0, 0.1) is 10.1 Å². The first-order valence-corrected chi connectivity index (χ1v) is 6.45. The summed E-state index contributed by atoms with van der Waals surface area (Å²) in [6.45, 7) is 3.34. The fourth-order valence-corrected chi connectivity index (χ4v) is 2.23. The van der Waals surface area contributed by atoms with Crippen LogP contribution in [-0.4, -0.2) is 47.1 Å². The van der Waals surface area contributed by atoms with Crippen molar-refractivity contribution >= 4 is 11.7 Å². The molecule has 1 saturated heterocycles. The highest BCUT2D eigenvalue weighted by molar-refractivity contribution is 5.92. The van der Waals surface area contributed by atoms with E-state index < -0.39 is 16.6 Å². The maximum Gasteiger partial charge on any atom is 0.342 e. The van der Waals surface area contributed by atoms with E-state index in [-0.39, 0.29) is 5.56 Å². The van der Waals surface area contributed by atoms with Crippen molar-refractivity contribution in [3.63, 3.8) is 0 Å². The maximum atomic E-state index is 11.0. The minimum atomic E-state index is -1.33. The Balaban J connectivity index is 1.99. The third kappa shape index (κ3) is 3.45. The third-order valence-corrected chi connectivity index (χ3v) is 3.27. The number of ether oxygens (including phenoxy) is 1. The molecule has 0 spiro atoms. The lowest BCUT2D eigenvalue weighted by Gasteiger charge is -2.15. The molecule has 1 aromatic rings. The first-order chi connectivity index (χ1) is 9.58. The van der Waals surface area contributed by atoms with Crippen LogP contribution in [0.2, 0.25) is 0 Å². The predicted molar refractivity (Wildman–Crippen MR) is 71.2 cm³/mol. The molecule has 0 amide bonds. The lowest BCUT2D eigenvalue weighted by Crippen LogP contribution is -2.25. The summed E-state index contributed by atoms with van der Waals surface area (Å²) in [7, 11) is 0. The number of nitro groups is 1. The van der Waals surface area contributed by atoms with Crippen molar-refractivity contribution in [3.8, 4) is 5.75 Å². The van der Waals surface area contributed by atoms with Crippen LogP contribution in [0.15, 0.2) is 18.2 Å². The van der Waals surface area contributed by atoms with Crippen molar-refractivity contribution in [2.75, 3.05) is 26.2 Å². The van der Waals surface area contributed by atoms with Gasteiger partial charge in [0.25, 0.3) is 5.69 Å². The van der Waals surface area contributed by atoms with E-state index in [1.807, 2.05) is 0 Å². The van der Waals surface area contributed by atoms with Gasteiger partial charge >= 0.3 is 5.97 Å². The Morgan fingerprint density at radius 1 is 1.40 bits per heavy atom. The van der Waals surface area contributed by atoms with Crippen molar-refractivity contribution in [1.29, 1.82) is 0 Å². The molecule has 0 unspecified atom stereocenters. The number of rotatable bonds is 6. The van der Waals surface area contributed by atoms with Crippen molar-refractivity contribution in [1.82, 2.24) is 4.90 Å². The van der Waals surface area contributed by atoms with E-state index >= 15 is 0 Å². The average Bonchev–Trinajstić information content (AvgIpc) is 2.91. The number of aromatic carboxylic acids is 1. The zero-order valence-corrected chi connectivity index (χ0v) is 10.9. The molecule has 1 N–H and O–H groups in total. The Morgan fingerprint density at radius 2 is 2.10 bits per heavy atom. The van der Waals surface area contributed by atoms with Crippen LogP contribution in [0.25, 0.3) is 0 Å². The van der Waals surface area contributed by atoms with Gasteiger partial charge in [-0.15, -0.1) is 0 Å². The highest BCUT2D eigenvalue weighted by atomic mass is 16.6. The van der Waals surface area contributed by atoms with Gasteiger partial charge in [-0.1, -0.05) is 0 Å². The number of carbonyl (C=O) groups is 1. The van der Waals surface area contributed by atoms with Crippen LogP contribution in [0.1, 0.15) is 23.2 Å². The van der Waals surface area contributed by atoms with Crippen LogP contribution in [0.4, 0.5) is 5.69 Å². The molecular formula is C13H16N2O5. The molecular weight excluding hydrogens is 264 g/mol. The Hall–Kier alpha value is -2.15. The molecule has 7 heteroatoms. The van der Waals surface area contributed by atoms with Gasteiger partial charge in [-0.3, -0.25) is 15.0 Å². The van der Waals surface area contributed by atoms with E-state index in [1.165, 1.54) is 25.0 Å². The minimum absolute atomic E-state index is 0.340. The molecule has 7 nitrogen and oxygen atoms in total. The molecule has 20 heavy (non-hydrogen) atoms. The van der Waals surface area contributed by atoms with Crippen molar-refractivity contribution in [2.24, 2.45) is 0 Å². The first kappa shape index (κ1) is 14.3. The molecule has 1 aliphatic rings. The van der Waals surface area contributed by atoms with Crippen LogP contribution in [0.5, 0.6) is 5.75 Å². The summed E-state index contributed by atoms with van der Waals surface area (Å²) >= 11 is 0. The number of hydrogen-bond donors (Lipinski definition) is 1. The van der Waals surface area contributed by atoms with Gasteiger partial charge in [-0.05, 0) is 32.0 Å². The number of carboxylic acids is 1. The van der Waals surface area contributed by atoms with Crippen LogP contribution in [-0.2, 0) is 0 Å². The standard InChI is InChI=1S/C13H16N2O5/c16-13(17)11-9-10(3-4-12(11)15(18)19)20-8-7-14-5-1-2-6-14/h3-4,9H,1-2,5-8H2,(H,16,17). The molecule has 1 aliphatic heterocycles. The van der Waals surface area contributed by atoms with Crippen molar-refractivity contribution < 1.29 is 19.6 Å². The first-order valence-electron chi connectivity index (χ1n) is 6.45. The molecule has 2 rings (SSSR count). The number of hydrogen-bond acceptors (Lipinski definition) is 5. The molecule has 108 valence electrons. The topological polar surface area (TPSA) is 92.9 Å². The number of benzene rings is 1. The Bertz CT molecular complexity index is 511. The zero-order chi connectivity index (χ0) is 14.5. The summed E-state index contributed by atoms with van der Waals surface area (Å²) in [4.78, 5) is 23.3. The summed E-state index contributed by atoms with van der Waals surface area (Å²) in [5.74, 6) is -0.992. The SMILES string of the molecule is O=C(O)c1cc(OCCN2CCCC2)ccc1[N+](=O)[O-]. The molecule has 1 aromatic carbocycles. The van der Waals surface area contributed by atoms with Crippen molar-refractivity contribution in [2.45, 2.75) is 12.8 Å². The third-order valence-electron chi connectivity index (χ3n) is 3.27. The van der Waals surface area contributed by atoms with Gasteiger partial charge in [0.15, 0.2) is 0 Å². The van der Waals surface area contributed by atoms with Gasteiger partial charge in [-0.25, -0.2) is 4.79 Å². The zero-order valence-electron chi connectivity index (χ0n) is 10.9. The van der Waals surface area contributed by atoms with E-state index in [1.54, 1.807) is 0 Å². The predicted octanol–water partition coefficient (Wildman–Crippen LogP) is 1.77. The summed E-state index contributed by atoms with van der Waals surface area (Å²) in [6, 6.07) is 3.79. The lowest BCUT2D eigenvalue weighted by atomic mass is 10.1. The van der Waals surface area contributed by atoms with Gasteiger partial charge in [0, 0.05) is 18.7 Å². The van der Waals surface area contributed by atoms with Gasteiger partial charge in [0.05, 0.1) is 4.92 Å². The van der Waals surface area contributed by atoms with Crippen LogP contribution >= 0.6 is 0 Å². The molecule has 1 fully saturated rings. The van der Waals surface area contributed by atoms with Gasteiger partial charge in [0.1, 0.15) is 17.9 Å². The van der Waals surface area contributed by atoms with E-state index in [0.29, 0.717) is 12.4 Å². The highest BCUT2D eigenvalue weighted by Gasteiger charge is 2.20. The highest BCUT2D eigenvalue weighted by Crippen LogP contribution is 2.24. The quantitative estimate of drug-likeness (QED) is 0.630. The second-order valence-electron chi connectivity index (χ2n) is 4.64. The fourth-order valence-electron chi connectivity index (χ4n) is 2.23. The van der Waals surface area contributed by atoms with Crippen molar-refractivity contribution in [3.05, 3.63) is 33.9 Å². The fraction of sp³-hybridized carbons (Fsp3) is 0.462. The number of nitrogens with zero attached hydrogens (tertiary/aromatic N) is 2. The summed E-state index contributed by atoms with van der Waals surface area (Å²) in [5, 5.41) is 19.7. The molecule has 0 radical (unpaired) electrons. The molecule has 0 aromatic heterocycles. The smallest absolute Gasteiger partial charge is 0.342 e. The van der Waals surface area contributed by atoms with Gasteiger partial charge in [0.2, 0.25) is 0 Å². The molecule has 0 atom stereocenters. The number of carboxylic acid groups (broad SMARTS) is 1. The normalized spacial score (nSPS) is 15.2. The second-order valence-corrected chi connectivity index (χ2v) is 4.64. The maximum absolute atomic E-state index is 11.0. The summed E-state index contributed by atoms with van der Waals surface area (Å²) in [5.41, 5.74) is -0.780. The van der Waals surface area contributed by atoms with Crippen LogP contribution in [0.3, 0.4) is 0 Å². The summed E-state index contributed by atoms with van der Waals surface area (Å²) < 4.78 is 5.47. The largest absolute Gasteiger partial charge is 0.492 e. The molecule has 1 heterocycles. The van der Waals surface area contributed by atoms with E-state index in [2.05, 4.69) is 4.90 Å².